The lowest BCUT2D eigenvalue weighted by Crippen LogP contribution is -2.04. The van der Waals surface area contributed by atoms with E-state index in [1.54, 1.807) is 12.1 Å². The zero-order valence-electron chi connectivity index (χ0n) is 11.1. The van der Waals surface area contributed by atoms with Crippen LogP contribution in [0, 0.1) is 5.92 Å². The second-order valence-corrected chi connectivity index (χ2v) is 8.47. The largest absolute Gasteiger partial charge is 0.392 e. The molecular weight excluding hydrogens is 280 g/mol. The molecule has 1 aromatic heterocycles. The first-order chi connectivity index (χ1) is 9.00. The van der Waals surface area contributed by atoms with Crippen LogP contribution in [0.5, 0.6) is 0 Å². The summed E-state index contributed by atoms with van der Waals surface area (Å²) in [6, 6.07) is 3.42. The summed E-state index contributed by atoms with van der Waals surface area (Å²) < 4.78 is 23.3. The second-order valence-electron chi connectivity index (χ2n) is 5.14. The molecule has 1 aliphatic rings. The number of aliphatic hydroxyl groups is 1. The lowest BCUT2D eigenvalue weighted by atomic mass is 9.88. The number of sulfone groups is 1. The van der Waals surface area contributed by atoms with Gasteiger partial charge in [-0.25, -0.2) is 8.42 Å². The Bertz CT molecular complexity index is 549. The third kappa shape index (κ3) is 3.91. The summed E-state index contributed by atoms with van der Waals surface area (Å²) >= 11 is 1.24. The second kappa shape index (κ2) is 6.20. The van der Waals surface area contributed by atoms with Crippen LogP contribution >= 0.6 is 11.3 Å². The summed E-state index contributed by atoms with van der Waals surface area (Å²) in [5, 5.41) is 9.51. The van der Waals surface area contributed by atoms with Gasteiger partial charge in [0.2, 0.25) is 0 Å². The van der Waals surface area contributed by atoms with E-state index in [1.165, 1.54) is 49.7 Å². The minimum Gasteiger partial charge on any atom is -0.392 e. The maximum absolute atomic E-state index is 11.5. The van der Waals surface area contributed by atoms with E-state index < -0.39 is 9.84 Å². The van der Waals surface area contributed by atoms with Crippen molar-refractivity contribution in [2.75, 3.05) is 12.9 Å². The lowest BCUT2D eigenvalue weighted by molar-refractivity contribution is 0.348. The standard InChI is InChI=1S/C14H20O3S2/c1-19(16,17)14-8-7-13(18-14)12(10-15)9-11-5-3-2-4-6-11/h7-9,11,15H,2-6,10H2,1H3/b12-9+. The molecule has 1 heterocycles. The van der Waals surface area contributed by atoms with Crippen molar-refractivity contribution in [3.05, 3.63) is 23.1 Å². The zero-order valence-corrected chi connectivity index (χ0v) is 12.8. The molecule has 1 saturated carbocycles. The molecule has 1 aromatic rings. The van der Waals surface area contributed by atoms with Gasteiger partial charge >= 0.3 is 0 Å². The van der Waals surface area contributed by atoms with E-state index >= 15 is 0 Å². The minimum absolute atomic E-state index is 0.0276. The van der Waals surface area contributed by atoms with Gasteiger partial charge in [-0.2, -0.15) is 0 Å². The molecule has 0 aromatic carbocycles. The Hall–Kier alpha value is -0.650. The molecule has 0 amide bonds. The quantitative estimate of drug-likeness (QED) is 0.929. The SMILES string of the molecule is CS(=O)(=O)c1ccc(/C(=C/C2CCCCC2)CO)s1. The van der Waals surface area contributed by atoms with Crippen molar-refractivity contribution in [3.8, 4) is 0 Å². The van der Waals surface area contributed by atoms with E-state index in [0.717, 1.165) is 10.5 Å². The maximum Gasteiger partial charge on any atom is 0.184 e. The third-order valence-corrected chi connectivity index (χ3v) is 6.50. The first kappa shape index (κ1) is 14.8. The van der Waals surface area contributed by atoms with Crippen molar-refractivity contribution in [3.63, 3.8) is 0 Å². The molecular formula is C14H20O3S2. The molecule has 0 unspecified atom stereocenters. The Labute approximate surface area is 118 Å². The highest BCUT2D eigenvalue weighted by atomic mass is 32.2. The fourth-order valence-electron chi connectivity index (χ4n) is 2.49. The molecule has 5 heteroatoms. The Morgan fingerprint density at radius 1 is 1.37 bits per heavy atom. The maximum atomic E-state index is 11.5. The molecule has 0 radical (unpaired) electrons. The highest BCUT2D eigenvalue weighted by Gasteiger charge is 2.15. The molecule has 1 aliphatic carbocycles. The highest BCUT2D eigenvalue weighted by Crippen LogP contribution is 2.31. The molecule has 106 valence electrons. The van der Waals surface area contributed by atoms with E-state index in [0.29, 0.717) is 10.1 Å². The van der Waals surface area contributed by atoms with Crippen LogP contribution in [0.15, 0.2) is 22.4 Å². The number of hydrogen-bond acceptors (Lipinski definition) is 4. The first-order valence-electron chi connectivity index (χ1n) is 6.62. The van der Waals surface area contributed by atoms with E-state index in [1.807, 2.05) is 0 Å². The van der Waals surface area contributed by atoms with Gasteiger partial charge in [-0.3, -0.25) is 0 Å². The van der Waals surface area contributed by atoms with Crippen molar-refractivity contribution in [1.29, 1.82) is 0 Å². The van der Waals surface area contributed by atoms with Gasteiger partial charge < -0.3 is 5.11 Å². The molecule has 1 fully saturated rings. The molecule has 0 bridgehead atoms. The minimum atomic E-state index is -3.15. The number of hydrogen-bond donors (Lipinski definition) is 1. The predicted molar refractivity (Wildman–Crippen MR) is 79.1 cm³/mol. The van der Waals surface area contributed by atoms with Gasteiger partial charge in [0.15, 0.2) is 9.84 Å². The Morgan fingerprint density at radius 3 is 2.58 bits per heavy atom. The van der Waals surface area contributed by atoms with E-state index in [4.69, 9.17) is 0 Å². The summed E-state index contributed by atoms with van der Waals surface area (Å²) in [6.07, 6.45) is 9.50. The van der Waals surface area contributed by atoms with Crippen molar-refractivity contribution in [2.24, 2.45) is 5.92 Å². The molecule has 0 aliphatic heterocycles. The van der Waals surface area contributed by atoms with Crippen molar-refractivity contribution < 1.29 is 13.5 Å². The lowest BCUT2D eigenvalue weighted by Gasteiger charge is -2.19. The first-order valence-corrected chi connectivity index (χ1v) is 9.33. The molecule has 0 saturated heterocycles. The smallest absolute Gasteiger partial charge is 0.184 e. The third-order valence-electron chi connectivity index (χ3n) is 3.52. The summed E-state index contributed by atoms with van der Waals surface area (Å²) in [7, 11) is -3.15. The van der Waals surface area contributed by atoms with E-state index in [9.17, 15) is 13.5 Å². The van der Waals surface area contributed by atoms with E-state index in [2.05, 4.69) is 6.08 Å². The predicted octanol–water partition coefficient (Wildman–Crippen LogP) is 3.11. The van der Waals surface area contributed by atoms with Crippen LogP contribution in [-0.2, 0) is 9.84 Å². The Kier molecular flexibility index (Phi) is 4.81. The molecule has 0 spiro atoms. The van der Waals surface area contributed by atoms with Crippen molar-refractivity contribution in [2.45, 2.75) is 36.3 Å². The monoisotopic (exact) mass is 300 g/mol. The number of thiophene rings is 1. The topological polar surface area (TPSA) is 54.4 Å². The Balaban J connectivity index is 2.21. The molecule has 19 heavy (non-hydrogen) atoms. The van der Waals surface area contributed by atoms with Gasteiger partial charge in [0.25, 0.3) is 0 Å². The highest BCUT2D eigenvalue weighted by molar-refractivity contribution is 7.92. The summed E-state index contributed by atoms with van der Waals surface area (Å²) in [5.74, 6) is 0.527. The van der Waals surface area contributed by atoms with Gasteiger partial charge in [-0.15, -0.1) is 11.3 Å². The fraction of sp³-hybridized carbons (Fsp3) is 0.571. The molecule has 1 N–H and O–H groups in total. The summed E-state index contributed by atoms with van der Waals surface area (Å²) in [5.41, 5.74) is 0.867. The summed E-state index contributed by atoms with van der Waals surface area (Å²) in [4.78, 5) is 0.869. The van der Waals surface area contributed by atoms with Gasteiger partial charge in [0, 0.05) is 11.1 Å². The average Bonchev–Trinajstić information content (AvgIpc) is 2.86. The number of rotatable bonds is 4. The van der Waals surface area contributed by atoms with Crippen LogP contribution in [0.25, 0.3) is 5.57 Å². The fourth-order valence-corrected chi connectivity index (χ4v) is 4.43. The van der Waals surface area contributed by atoms with Crippen LogP contribution in [-0.4, -0.2) is 26.4 Å². The van der Waals surface area contributed by atoms with E-state index in [-0.39, 0.29) is 6.61 Å². The normalized spacial score (nSPS) is 18.7. The molecule has 3 nitrogen and oxygen atoms in total. The van der Waals surface area contributed by atoms with Crippen molar-refractivity contribution in [1.82, 2.24) is 0 Å². The van der Waals surface area contributed by atoms with Crippen LogP contribution in [0.4, 0.5) is 0 Å². The number of aliphatic hydroxyl groups excluding tert-OH is 1. The van der Waals surface area contributed by atoms with Crippen LogP contribution in [0.2, 0.25) is 0 Å². The molecule has 2 rings (SSSR count). The van der Waals surface area contributed by atoms with Crippen LogP contribution in [0.1, 0.15) is 37.0 Å². The van der Waals surface area contributed by atoms with Gasteiger partial charge in [-0.05, 0) is 36.5 Å². The average molecular weight is 300 g/mol. The van der Waals surface area contributed by atoms with Crippen molar-refractivity contribution >= 4 is 26.7 Å². The van der Waals surface area contributed by atoms with Gasteiger partial charge in [0.1, 0.15) is 4.21 Å². The zero-order chi connectivity index (χ0) is 13.9. The van der Waals surface area contributed by atoms with Crippen LogP contribution < -0.4 is 0 Å². The summed E-state index contributed by atoms with van der Waals surface area (Å²) in [6.45, 7) is -0.0276. The van der Waals surface area contributed by atoms with Gasteiger partial charge in [-0.1, -0.05) is 25.3 Å². The van der Waals surface area contributed by atoms with Gasteiger partial charge in [0.05, 0.1) is 6.61 Å². The van der Waals surface area contributed by atoms with Crippen LogP contribution in [0.3, 0.4) is 0 Å². The Morgan fingerprint density at radius 2 is 2.05 bits per heavy atom. The molecule has 0 atom stereocenters. The number of allylic oxidation sites excluding steroid dienone is 1.